The van der Waals surface area contributed by atoms with Crippen LogP contribution in [0.3, 0.4) is 0 Å². The Labute approximate surface area is 85.3 Å². The minimum Gasteiger partial charge on any atom is -0.342 e. The fourth-order valence-corrected chi connectivity index (χ4v) is 1.91. The van der Waals surface area contributed by atoms with Crippen molar-refractivity contribution in [1.29, 1.82) is 0 Å². The number of anilines is 1. The van der Waals surface area contributed by atoms with Crippen LogP contribution in [-0.4, -0.2) is 33.3 Å². The highest BCUT2D eigenvalue weighted by Crippen LogP contribution is 2.15. The number of nitrogens with one attached hydrogen (secondary N) is 2. The number of hydrogen-bond acceptors (Lipinski definition) is 4. The number of nitrogens with zero attached hydrogens (tertiary/aromatic N) is 3. The molecule has 78 valence electrons. The molecule has 2 aromatic rings. The van der Waals surface area contributed by atoms with Crippen molar-refractivity contribution in [2.45, 2.75) is 12.8 Å². The molecule has 3 rings (SSSR count). The molecule has 1 saturated heterocycles. The number of H-pyrrole nitrogens is 2. The molecule has 6 nitrogen and oxygen atoms in total. The molecule has 0 bridgehead atoms. The van der Waals surface area contributed by atoms with Gasteiger partial charge >= 0.3 is 0 Å². The van der Waals surface area contributed by atoms with Gasteiger partial charge in [-0.1, -0.05) is 0 Å². The Hall–Kier alpha value is -1.85. The van der Waals surface area contributed by atoms with Crippen LogP contribution in [0.1, 0.15) is 12.8 Å². The topological polar surface area (TPSA) is 77.7 Å². The smallest absolute Gasteiger partial charge is 0.263 e. The summed E-state index contributed by atoms with van der Waals surface area (Å²) in [5.74, 6) is 0.647. The number of hydrogen-bond donors (Lipinski definition) is 2. The molecule has 0 amide bonds. The van der Waals surface area contributed by atoms with E-state index < -0.39 is 0 Å². The van der Waals surface area contributed by atoms with Gasteiger partial charge in [-0.05, 0) is 12.8 Å². The summed E-state index contributed by atoms with van der Waals surface area (Å²) in [6.45, 7) is 1.92. The van der Waals surface area contributed by atoms with E-state index in [0.29, 0.717) is 17.0 Å². The second kappa shape index (κ2) is 3.08. The van der Waals surface area contributed by atoms with Crippen LogP contribution in [0, 0.1) is 0 Å². The molecule has 0 atom stereocenters. The first kappa shape index (κ1) is 8.46. The molecule has 1 aliphatic rings. The first-order chi connectivity index (χ1) is 7.34. The third-order valence-electron chi connectivity index (χ3n) is 2.71. The zero-order valence-electron chi connectivity index (χ0n) is 8.16. The van der Waals surface area contributed by atoms with E-state index in [-0.39, 0.29) is 5.56 Å². The van der Waals surface area contributed by atoms with Gasteiger partial charge in [0.25, 0.3) is 5.56 Å². The first-order valence-corrected chi connectivity index (χ1v) is 5.03. The van der Waals surface area contributed by atoms with E-state index in [1.807, 2.05) is 0 Å². The highest BCUT2D eigenvalue weighted by atomic mass is 16.1. The Kier molecular flexibility index (Phi) is 1.74. The molecule has 0 spiro atoms. The Balaban J connectivity index is 2.15. The Morgan fingerprint density at radius 1 is 1.33 bits per heavy atom. The van der Waals surface area contributed by atoms with Crippen LogP contribution in [0.4, 0.5) is 5.95 Å². The predicted molar refractivity (Wildman–Crippen MR) is 56.0 cm³/mol. The predicted octanol–water partition coefficient (Wildman–Crippen LogP) is 0.246. The molecule has 2 N–H and O–H groups in total. The van der Waals surface area contributed by atoms with Crippen molar-refractivity contribution in [2.75, 3.05) is 18.0 Å². The molecule has 0 aromatic carbocycles. The van der Waals surface area contributed by atoms with Gasteiger partial charge in [0, 0.05) is 13.1 Å². The minimum absolute atomic E-state index is 0.129. The van der Waals surface area contributed by atoms with E-state index in [9.17, 15) is 4.79 Å². The second-order valence-electron chi connectivity index (χ2n) is 3.72. The van der Waals surface area contributed by atoms with Crippen molar-refractivity contribution < 1.29 is 0 Å². The highest BCUT2D eigenvalue weighted by molar-refractivity contribution is 5.73. The minimum atomic E-state index is -0.129. The fraction of sp³-hybridized carbons (Fsp3) is 0.444. The normalized spacial score (nSPS) is 16.4. The molecule has 0 radical (unpaired) electrons. The summed E-state index contributed by atoms with van der Waals surface area (Å²) in [5, 5.41) is 7.03. The largest absolute Gasteiger partial charge is 0.342 e. The van der Waals surface area contributed by atoms with E-state index in [1.54, 1.807) is 0 Å². The van der Waals surface area contributed by atoms with Crippen LogP contribution < -0.4 is 10.5 Å². The molecule has 1 aliphatic heterocycles. The molecule has 0 aliphatic carbocycles. The average Bonchev–Trinajstić information content (AvgIpc) is 2.88. The van der Waals surface area contributed by atoms with Gasteiger partial charge in [0.05, 0.1) is 6.20 Å². The Morgan fingerprint density at radius 3 is 2.93 bits per heavy atom. The quantitative estimate of drug-likeness (QED) is 0.699. The summed E-state index contributed by atoms with van der Waals surface area (Å²) in [7, 11) is 0. The van der Waals surface area contributed by atoms with Crippen molar-refractivity contribution in [3.05, 3.63) is 16.6 Å². The summed E-state index contributed by atoms with van der Waals surface area (Å²) in [6.07, 6.45) is 3.81. The lowest BCUT2D eigenvalue weighted by atomic mass is 10.4. The van der Waals surface area contributed by atoms with Crippen molar-refractivity contribution >= 4 is 17.0 Å². The SMILES string of the molecule is O=c1[nH]c(N2CCCC2)nc2[nH]ncc12. The van der Waals surface area contributed by atoms with Crippen molar-refractivity contribution in [1.82, 2.24) is 20.2 Å². The fourth-order valence-electron chi connectivity index (χ4n) is 1.91. The molecule has 1 fully saturated rings. The molecule has 3 heterocycles. The van der Waals surface area contributed by atoms with E-state index in [2.05, 4.69) is 25.1 Å². The van der Waals surface area contributed by atoms with E-state index in [4.69, 9.17) is 0 Å². The van der Waals surface area contributed by atoms with E-state index in [0.717, 1.165) is 25.9 Å². The molecule has 2 aromatic heterocycles. The molecular weight excluding hydrogens is 194 g/mol. The Bertz CT molecular complexity index is 537. The molecular formula is C9H11N5O. The number of fused-ring (bicyclic) bond motifs is 1. The standard InChI is InChI=1S/C9H11N5O/c15-8-6-5-10-13-7(6)11-9(12-8)14-3-1-2-4-14/h5H,1-4H2,(H2,10,11,12,13,15). The van der Waals surface area contributed by atoms with Crippen molar-refractivity contribution in [2.24, 2.45) is 0 Å². The summed E-state index contributed by atoms with van der Waals surface area (Å²) in [5.41, 5.74) is 0.427. The van der Waals surface area contributed by atoms with Gasteiger partial charge in [0.1, 0.15) is 5.39 Å². The van der Waals surface area contributed by atoms with E-state index >= 15 is 0 Å². The van der Waals surface area contributed by atoms with Gasteiger partial charge in [0.15, 0.2) is 5.65 Å². The maximum atomic E-state index is 11.6. The van der Waals surface area contributed by atoms with Gasteiger partial charge in [0.2, 0.25) is 5.95 Å². The molecule has 0 saturated carbocycles. The summed E-state index contributed by atoms with van der Waals surface area (Å²) in [4.78, 5) is 20.8. The zero-order chi connectivity index (χ0) is 10.3. The highest BCUT2D eigenvalue weighted by Gasteiger charge is 2.15. The lowest BCUT2D eigenvalue weighted by Gasteiger charge is -2.14. The van der Waals surface area contributed by atoms with Crippen LogP contribution in [0.15, 0.2) is 11.0 Å². The van der Waals surface area contributed by atoms with Crippen LogP contribution in [0.25, 0.3) is 11.0 Å². The lowest BCUT2D eigenvalue weighted by molar-refractivity contribution is 0.897. The van der Waals surface area contributed by atoms with Crippen LogP contribution in [0.2, 0.25) is 0 Å². The summed E-state index contributed by atoms with van der Waals surface area (Å²) >= 11 is 0. The van der Waals surface area contributed by atoms with Gasteiger partial charge in [-0.25, -0.2) is 0 Å². The second-order valence-corrected chi connectivity index (χ2v) is 3.72. The molecule has 6 heteroatoms. The van der Waals surface area contributed by atoms with E-state index in [1.165, 1.54) is 6.20 Å². The maximum Gasteiger partial charge on any atom is 0.263 e. The van der Waals surface area contributed by atoms with Gasteiger partial charge in [-0.2, -0.15) is 10.1 Å². The maximum absolute atomic E-state index is 11.6. The Morgan fingerprint density at radius 2 is 2.13 bits per heavy atom. The summed E-state index contributed by atoms with van der Waals surface area (Å²) < 4.78 is 0. The van der Waals surface area contributed by atoms with Gasteiger partial charge in [-0.3, -0.25) is 14.9 Å². The van der Waals surface area contributed by atoms with Crippen LogP contribution in [0.5, 0.6) is 0 Å². The monoisotopic (exact) mass is 205 g/mol. The van der Waals surface area contributed by atoms with Gasteiger partial charge in [-0.15, -0.1) is 0 Å². The number of aromatic amines is 2. The molecule has 0 unspecified atom stereocenters. The van der Waals surface area contributed by atoms with Crippen molar-refractivity contribution in [3.63, 3.8) is 0 Å². The van der Waals surface area contributed by atoms with Crippen molar-refractivity contribution in [3.8, 4) is 0 Å². The lowest BCUT2D eigenvalue weighted by Crippen LogP contribution is -2.23. The summed E-state index contributed by atoms with van der Waals surface area (Å²) in [6, 6.07) is 0. The van der Waals surface area contributed by atoms with Crippen LogP contribution in [-0.2, 0) is 0 Å². The van der Waals surface area contributed by atoms with Crippen LogP contribution >= 0.6 is 0 Å². The number of rotatable bonds is 1. The third kappa shape index (κ3) is 1.29. The third-order valence-corrected chi connectivity index (χ3v) is 2.71. The van der Waals surface area contributed by atoms with Gasteiger partial charge < -0.3 is 4.90 Å². The number of aromatic nitrogens is 4. The molecule has 15 heavy (non-hydrogen) atoms. The average molecular weight is 205 g/mol. The first-order valence-electron chi connectivity index (χ1n) is 5.03. The zero-order valence-corrected chi connectivity index (χ0v) is 8.16.